The molecule has 0 radical (unpaired) electrons. The first kappa shape index (κ1) is 14.6. The molecule has 1 atom stereocenters. The van der Waals surface area contributed by atoms with Gasteiger partial charge in [0.05, 0.1) is 10.2 Å². The van der Waals surface area contributed by atoms with Gasteiger partial charge in [-0.1, -0.05) is 0 Å². The summed E-state index contributed by atoms with van der Waals surface area (Å²) in [7, 11) is -4.60. The third-order valence-corrected chi connectivity index (χ3v) is 4.20. The Morgan fingerprint density at radius 2 is 2.26 bits per heavy atom. The van der Waals surface area contributed by atoms with E-state index in [0.717, 1.165) is 0 Å². The van der Waals surface area contributed by atoms with Gasteiger partial charge in [-0.15, -0.1) is 3.89 Å². The van der Waals surface area contributed by atoms with Gasteiger partial charge in [-0.05, 0) is 27.5 Å². The fourth-order valence-corrected chi connectivity index (χ4v) is 3.23. The summed E-state index contributed by atoms with van der Waals surface area (Å²) in [6.07, 6.45) is 1.34. The third-order valence-electron chi connectivity index (χ3n) is 2.59. The van der Waals surface area contributed by atoms with Crippen molar-refractivity contribution >= 4 is 49.5 Å². The lowest BCUT2D eigenvalue weighted by molar-refractivity contribution is -0.117. The topological polar surface area (TPSA) is 80.2 Å². The first-order chi connectivity index (χ1) is 8.76. The van der Waals surface area contributed by atoms with E-state index in [1.807, 2.05) is 0 Å². The van der Waals surface area contributed by atoms with Gasteiger partial charge in [0.25, 0.3) is 0 Å². The molecular weight excluding hydrogens is 365 g/mol. The zero-order chi connectivity index (χ0) is 14.2. The molecule has 1 aliphatic heterocycles. The van der Waals surface area contributed by atoms with Crippen molar-refractivity contribution < 1.29 is 17.1 Å². The van der Waals surface area contributed by atoms with Crippen LogP contribution in [0.15, 0.2) is 10.7 Å². The van der Waals surface area contributed by atoms with Crippen molar-refractivity contribution in [1.82, 2.24) is 9.97 Å². The van der Waals surface area contributed by atoms with Gasteiger partial charge in [-0.25, -0.2) is 4.98 Å². The lowest BCUT2D eigenvalue weighted by atomic mass is 10.1. The molecule has 1 aliphatic rings. The maximum Gasteiger partial charge on any atom is 0.302 e. The van der Waals surface area contributed by atoms with Crippen LogP contribution < -0.4 is 4.90 Å². The molecule has 1 aromatic rings. The Morgan fingerprint density at radius 1 is 1.58 bits per heavy atom. The number of carbonyl (C=O) groups excluding carboxylic acids is 1. The molecule has 10 heteroatoms. The first-order valence-corrected chi connectivity index (χ1v) is 7.89. The van der Waals surface area contributed by atoms with Crippen molar-refractivity contribution in [2.45, 2.75) is 6.42 Å². The summed E-state index contributed by atoms with van der Waals surface area (Å²) >= 11 is 8.83. The van der Waals surface area contributed by atoms with E-state index in [9.17, 15) is 17.1 Å². The van der Waals surface area contributed by atoms with Crippen LogP contribution in [0.3, 0.4) is 0 Å². The van der Waals surface area contributed by atoms with Crippen LogP contribution >= 0.6 is 27.5 Å². The molecule has 1 fully saturated rings. The number of aromatic nitrogens is 2. The summed E-state index contributed by atoms with van der Waals surface area (Å²) in [6, 6.07) is 0. The van der Waals surface area contributed by atoms with Crippen LogP contribution in [0.1, 0.15) is 6.42 Å². The number of hydrogen-bond donors (Lipinski definition) is 0. The highest BCUT2D eigenvalue weighted by Crippen LogP contribution is 2.30. The van der Waals surface area contributed by atoms with E-state index in [0.29, 0.717) is 4.47 Å². The molecule has 1 unspecified atom stereocenters. The number of nitrogens with zero attached hydrogens (tertiary/aromatic N) is 3. The van der Waals surface area contributed by atoms with Crippen molar-refractivity contribution in [2.24, 2.45) is 5.92 Å². The molecule has 1 aromatic heterocycles. The second-order valence-electron chi connectivity index (χ2n) is 4.09. The Hall–Kier alpha value is -0.800. The predicted octanol–water partition coefficient (Wildman–Crippen LogP) is 1.54. The summed E-state index contributed by atoms with van der Waals surface area (Å²) in [5.41, 5.74) is 0. The highest BCUT2D eigenvalue weighted by atomic mass is 79.9. The Labute approximate surface area is 122 Å². The van der Waals surface area contributed by atoms with E-state index >= 15 is 0 Å². The molecule has 0 aliphatic carbocycles. The SMILES string of the molecule is O=C1CC(CS(=O)(=O)F)CN1c1nc(Cl)ncc1Br. The van der Waals surface area contributed by atoms with Crippen LogP contribution in [0.2, 0.25) is 5.28 Å². The fourth-order valence-electron chi connectivity index (χ4n) is 1.91. The zero-order valence-electron chi connectivity index (χ0n) is 9.38. The Balaban J connectivity index is 2.23. The second kappa shape index (κ2) is 5.29. The summed E-state index contributed by atoms with van der Waals surface area (Å²) < 4.78 is 34.3. The maximum atomic E-state index is 12.6. The molecule has 1 saturated heterocycles. The van der Waals surface area contributed by atoms with Crippen molar-refractivity contribution in [3.63, 3.8) is 0 Å². The molecule has 0 aromatic carbocycles. The largest absolute Gasteiger partial charge is 0.302 e. The molecule has 0 spiro atoms. The normalized spacial score (nSPS) is 20.1. The first-order valence-electron chi connectivity index (χ1n) is 5.17. The number of halogens is 3. The molecule has 2 rings (SSSR count). The average Bonchev–Trinajstić information content (AvgIpc) is 2.60. The van der Waals surface area contributed by atoms with Crippen molar-refractivity contribution in [3.05, 3.63) is 16.0 Å². The quantitative estimate of drug-likeness (QED) is 0.594. The average molecular weight is 373 g/mol. The molecule has 0 N–H and O–H groups in total. The van der Waals surface area contributed by atoms with E-state index in [1.165, 1.54) is 11.1 Å². The molecule has 0 bridgehead atoms. The van der Waals surface area contributed by atoms with E-state index in [1.54, 1.807) is 0 Å². The third kappa shape index (κ3) is 3.61. The summed E-state index contributed by atoms with van der Waals surface area (Å²) in [5.74, 6) is -1.35. The number of carbonyl (C=O) groups is 1. The lowest BCUT2D eigenvalue weighted by Crippen LogP contribution is -2.27. The van der Waals surface area contributed by atoms with Crippen LogP contribution in [0, 0.1) is 5.92 Å². The number of hydrogen-bond acceptors (Lipinski definition) is 5. The maximum absolute atomic E-state index is 12.6. The second-order valence-corrected chi connectivity index (χ2v) is 6.69. The Bertz CT molecular complexity index is 627. The Kier molecular flexibility index (Phi) is 4.07. The highest BCUT2D eigenvalue weighted by Gasteiger charge is 2.35. The van der Waals surface area contributed by atoms with Crippen LogP contribution in [0.4, 0.5) is 9.70 Å². The molecule has 104 valence electrons. The van der Waals surface area contributed by atoms with Crippen LogP contribution in [0.5, 0.6) is 0 Å². The molecule has 0 saturated carbocycles. The highest BCUT2D eigenvalue weighted by molar-refractivity contribution is 9.10. The predicted molar refractivity (Wildman–Crippen MR) is 70.1 cm³/mol. The number of amides is 1. The molecule has 2 heterocycles. The van der Waals surface area contributed by atoms with Crippen LogP contribution in [-0.4, -0.2) is 36.6 Å². The fraction of sp³-hybridized carbons (Fsp3) is 0.444. The monoisotopic (exact) mass is 371 g/mol. The van der Waals surface area contributed by atoms with E-state index < -0.39 is 21.9 Å². The molecular formula is C9H8BrClFN3O3S. The van der Waals surface area contributed by atoms with Crippen molar-refractivity contribution in [2.75, 3.05) is 17.2 Å². The summed E-state index contributed by atoms with van der Waals surface area (Å²) in [5, 5.41) is -0.0347. The zero-order valence-corrected chi connectivity index (χ0v) is 12.5. The molecule has 19 heavy (non-hydrogen) atoms. The van der Waals surface area contributed by atoms with E-state index in [2.05, 4.69) is 25.9 Å². The van der Waals surface area contributed by atoms with Crippen LogP contribution in [0.25, 0.3) is 0 Å². The van der Waals surface area contributed by atoms with Crippen molar-refractivity contribution in [3.8, 4) is 0 Å². The van der Waals surface area contributed by atoms with Gasteiger partial charge in [-0.3, -0.25) is 9.69 Å². The van der Waals surface area contributed by atoms with Crippen molar-refractivity contribution in [1.29, 1.82) is 0 Å². The molecule has 6 nitrogen and oxygen atoms in total. The lowest BCUT2D eigenvalue weighted by Gasteiger charge is -2.16. The van der Waals surface area contributed by atoms with Gasteiger partial charge in [0.15, 0.2) is 5.82 Å². The van der Waals surface area contributed by atoms with Gasteiger partial charge < -0.3 is 0 Å². The van der Waals surface area contributed by atoms with Crippen LogP contribution in [-0.2, 0) is 15.0 Å². The minimum atomic E-state index is -4.60. The van der Waals surface area contributed by atoms with E-state index in [-0.39, 0.29) is 30.0 Å². The standard InChI is InChI=1S/C9H8BrClFN3O3S/c10-6-2-13-9(11)14-8(6)15-3-5(1-7(15)16)4-19(12,17)18/h2,5H,1,3-4H2. The summed E-state index contributed by atoms with van der Waals surface area (Å²) in [6.45, 7) is 0.0773. The minimum absolute atomic E-state index is 0.0347. The van der Waals surface area contributed by atoms with Gasteiger partial charge in [0.2, 0.25) is 11.2 Å². The van der Waals surface area contributed by atoms with E-state index in [4.69, 9.17) is 11.6 Å². The minimum Gasteiger partial charge on any atom is -0.295 e. The van der Waals surface area contributed by atoms with Gasteiger partial charge in [0.1, 0.15) is 0 Å². The summed E-state index contributed by atoms with van der Waals surface area (Å²) in [4.78, 5) is 20.7. The smallest absolute Gasteiger partial charge is 0.295 e. The van der Waals surface area contributed by atoms with Gasteiger partial charge in [-0.2, -0.15) is 13.4 Å². The molecule has 1 amide bonds. The van der Waals surface area contributed by atoms with Gasteiger partial charge in [0, 0.05) is 25.1 Å². The Morgan fingerprint density at radius 3 is 2.89 bits per heavy atom. The number of rotatable bonds is 3. The number of anilines is 1. The van der Waals surface area contributed by atoms with Gasteiger partial charge >= 0.3 is 10.2 Å².